The van der Waals surface area contributed by atoms with Crippen LogP contribution in [0, 0.1) is 11.8 Å². The molecule has 1 saturated carbocycles. The summed E-state index contributed by atoms with van der Waals surface area (Å²) in [5, 5.41) is 0.831. The van der Waals surface area contributed by atoms with Gasteiger partial charge in [0, 0.05) is 25.1 Å². The molecule has 3 nitrogen and oxygen atoms in total. The van der Waals surface area contributed by atoms with Gasteiger partial charge in [-0.05, 0) is 30.4 Å². The fraction of sp³-hybridized carbons (Fsp3) is 0.500. The van der Waals surface area contributed by atoms with Gasteiger partial charge < -0.3 is 9.30 Å². The molecule has 2 heterocycles. The molecule has 2 aromatic heterocycles. The zero-order chi connectivity index (χ0) is 12.7. The predicted molar refractivity (Wildman–Crippen MR) is 78.4 cm³/mol. The maximum atomic E-state index is 4.75. The zero-order valence-corrected chi connectivity index (χ0v) is 12.4. The summed E-state index contributed by atoms with van der Waals surface area (Å²) in [7, 11) is 2.15. The number of imidazole rings is 1. The first-order valence-electron chi connectivity index (χ1n) is 6.43. The van der Waals surface area contributed by atoms with Crippen LogP contribution in [0.15, 0.2) is 24.4 Å². The molecule has 0 bridgehead atoms. The standard InChI is InChI=1S/C14H18BrN3/c1-10-7-11(10)9-17(2)14-12(8-15)18-6-4-3-5-13(18)16-14/h3-6,10-11H,7-9H2,1-2H3. The Balaban J connectivity index is 1.94. The second kappa shape index (κ2) is 4.57. The highest BCUT2D eigenvalue weighted by Gasteiger charge is 2.34. The summed E-state index contributed by atoms with van der Waals surface area (Å²) in [5.41, 5.74) is 2.26. The molecule has 3 rings (SSSR count). The lowest BCUT2D eigenvalue weighted by atomic mass is 10.3. The topological polar surface area (TPSA) is 20.5 Å². The minimum atomic E-state index is 0.831. The van der Waals surface area contributed by atoms with Crippen molar-refractivity contribution in [1.82, 2.24) is 9.38 Å². The molecule has 1 aliphatic rings. The van der Waals surface area contributed by atoms with Crippen molar-refractivity contribution in [3.05, 3.63) is 30.1 Å². The van der Waals surface area contributed by atoms with Crippen molar-refractivity contribution in [1.29, 1.82) is 0 Å². The van der Waals surface area contributed by atoms with Crippen LogP contribution in [0.1, 0.15) is 19.0 Å². The van der Waals surface area contributed by atoms with E-state index in [0.29, 0.717) is 0 Å². The van der Waals surface area contributed by atoms with Crippen LogP contribution in [0.25, 0.3) is 5.65 Å². The lowest BCUT2D eigenvalue weighted by molar-refractivity contribution is 0.719. The Hall–Kier alpha value is -1.03. The Labute approximate surface area is 116 Å². The highest BCUT2D eigenvalue weighted by molar-refractivity contribution is 9.08. The van der Waals surface area contributed by atoms with Crippen molar-refractivity contribution >= 4 is 27.4 Å². The van der Waals surface area contributed by atoms with E-state index in [1.54, 1.807) is 0 Å². The lowest BCUT2D eigenvalue weighted by Crippen LogP contribution is -2.22. The van der Waals surface area contributed by atoms with Gasteiger partial charge in [-0.2, -0.15) is 0 Å². The molecule has 2 unspecified atom stereocenters. The van der Waals surface area contributed by atoms with Gasteiger partial charge in [-0.15, -0.1) is 0 Å². The van der Waals surface area contributed by atoms with Crippen LogP contribution < -0.4 is 4.90 Å². The lowest BCUT2D eigenvalue weighted by Gasteiger charge is -2.17. The fourth-order valence-electron chi connectivity index (χ4n) is 2.56. The van der Waals surface area contributed by atoms with E-state index < -0.39 is 0 Å². The Bertz CT molecular complexity index is 563. The van der Waals surface area contributed by atoms with Crippen LogP contribution in [0.2, 0.25) is 0 Å². The number of nitrogens with zero attached hydrogens (tertiary/aromatic N) is 3. The van der Waals surface area contributed by atoms with Crippen molar-refractivity contribution in [2.45, 2.75) is 18.7 Å². The molecular weight excluding hydrogens is 290 g/mol. The highest BCUT2D eigenvalue weighted by Crippen LogP contribution is 2.39. The maximum absolute atomic E-state index is 4.75. The molecule has 96 valence electrons. The van der Waals surface area contributed by atoms with E-state index in [0.717, 1.165) is 35.2 Å². The van der Waals surface area contributed by atoms with E-state index in [4.69, 9.17) is 4.98 Å². The number of aromatic nitrogens is 2. The number of rotatable bonds is 4. The van der Waals surface area contributed by atoms with Gasteiger partial charge in [0.15, 0.2) is 5.82 Å². The smallest absolute Gasteiger partial charge is 0.151 e. The van der Waals surface area contributed by atoms with Gasteiger partial charge in [0.05, 0.1) is 5.69 Å². The molecule has 2 atom stereocenters. The summed E-state index contributed by atoms with van der Waals surface area (Å²) in [4.78, 5) is 7.05. The molecule has 0 aromatic carbocycles. The van der Waals surface area contributed by atoms with E-state index in [2.05, 4.69) is 51.5 Å². The van der Waals surface area contributed by atoms with Crippen LogP contribution in [-0.2, 0) is 5.33 Å². The number of pyridine rings is 1. The van der Waals surface area contributed by atoms with Crippen molar-refractivity contribution < 1.29 is 0 Å². The van der Waals surface area contributed by atoms with Gasteiger partial charge in [0.1, 0.15) is 5.65 Å². The van der Waals surface area contributed by atoms with Crippen molar-refractivity contribution in [3.8, 4) is 0 Å². The van der Waals surface area contributed by atoms with Crippen molar-refractivity contribution in [2.24, 2.45) is 11.8 Å². The largest absolute Gasteiger partial charge is 0.358 e. The summed E-state index contributed by atoms with van der Waals surface area (Å²) < 4.78 is 2.16. The molecule has 1 aliphatic carbocycles. The summed E-state index contributed by atoms with van der Waals surface area (Å²) in [6.07, 6.45) is 3.44. The minimum Gasteiger partial charge on any atom is -0.358 e. The van der Waals surface area contributed by atoms with Crippen LogP contribution >= 0.6 is 15.9 Å². The summed E-state index contributed by atoms with van der Waals surface area (Å²) >= 11 is 3.58. The van der Waals surface area contributed by atoms with E-state index in [1.807, 2.05) is 12.1 Å². The molecule has 2 aromatic rings. The fourth-order valence-corrected chi connectivity index (χ4v) is 3.08. The summed E-state index contributed by atoms with van der Waals surface area (Å²) in [6.45, 7) is 3.44. The van der Waals surface area contributed by atoms with Crippen LogP contribution in [0.4, 0.5) is 5.82 Å². The average Bonchev–Trinajstić information content (AvgIpc) is 2.93. The molecule has 18 heavy (non-hydrogen) atoms. The first kappa shape index (κ1) is 12.0. The SMILES string of the molecule is CC1CC1CN(C)c1nc2ccccn2c1CBr. The third kappa shape index (κ3) is 2.03. The number of fused-ring (bicyclic) bond motifs is 1. The van der Waals surface area contributed by atoms with E-state index in [1.165, 1.54) is 12.1 Å². The predicted octanol–water partition coefficient (Wildman–Crippen LogP) is 3.32. The molecule has 0 saturated heterocycles. The molecule has 0 spiro atoms. The Morgan fingerprint density at radius 2 is 2.28 bits per heavy atom. The zero-order valence-electron chi connectivity index (χ0n) is 10.8. The summed E-state index contributed by atoms with van der Waals surface area (Å²) in [5.74, 6) is 2.84. The van der Waals surface area contributed by atoms with Gasteiger partial charge in [-0.3, -0.25) is 0 Å². The molecule has 0 N–H and O–H groups in total. The first-order valence-corrected chi connectivity index (χ1v) is 7.56. The maximum Gasteiger partial charge on any atom is 0.151 e. The third-order valence-electron chi connectivity index (χ3n) is 3.88. The number of anilines is 1. The molecule has 1 fully saturated rings. The van der Waals surface area contributed by atoms with Gasteiger partial charge in [0.2, 0.25) is 0 Å². The van der Waals surface area contributed by atoms with Gasteiger partial charge in [-0.25, -0.2) is 4.98 Å². The summed E-state index contributed by atoms with van der Waals surface area (Å²) in [6, 6.07) is 6.14. The molecule has 4 heteroatoms. The number of alkyl halides is 1. The average molecular weight is 308 g/mol. The quantitative estimate of drug-likeness (QED) is 0.808. The van der Waals surface area contributed by atoms with Gasteiger partial charge in [-0.1, -0.05) is 28.9 Å². The van der Waals surface area contributed by atoms with E-state index >= 15 is 0 Å². The Morgan fingerprint density at radius 3 is 2.94 bits per heavy atom. The molecular formula is C14H18BrN3. The van der Waals surface area contributed by atoms with Crippen LogP contribution in [-0.4, -0.2) is 23.0 Å². The van der Waals surface area contributed by atoms with E-state index in [9.17, 15) is 0 Å². The number of hydrogen-bond acceptors (Lipinski definition) is 2. The Kier molecular flexibility index (Phi) is 3.06. The highest BCUT2D eigenvalue weighted by atomic mass is 79.9. The minimum absolute atomic E-state index is 0.831. The number of hydrogen-bond donors (Lipinski definition) is 0. The molecule has 0 amide bonds. The third-order valence-corrected chi connectivity index (χ3v) is 4.41. The first-order chi connectivity index (χ1) is 8.70. The monoisotopic (exact) mass is 307 g/mol. The van der Waals surface area contributed by atoms with Crippen molar-refractivity contribution in [2.75, 3.05) is 18.5 Å². The van der Waals surface area contributed by atoms with Gasteiger partial charge in [0.25, 0.3) is 0 Å². The van der Waals surface area contributed by atoms with Crippen LogP contribution in [0.3, 0.4) is 0 Å². The second-order valence-corrected chi connectivity index (χ2v) is 5.86. The van der Waals surface area contributed by atoms with Gasteiger partial charge >= 0.3 is 0 Å². The molecule has 0 aliphatic heterocycles. The van der Waals surface area contributed by atoms with E-state index in [-0.39, 0.29) is 0 Å². The van der Waals surface area contributed by atoms with Crippen LogP contribution in [0.5, 0.6) is 0 Å². The molecule has 0 radical (unpaired) electrons. The number of halogens is 1. The normalized spacial score (nSPS) is 22.4. The second-order valence-electron chi connectivity index (χ2n) is 5.30. The van der Waals surface area contributed by atoms with Crippen molar-refractivity contribution in [3.63, 3.8) is 0 Å². The Morgan fingerprint density at radius 1 is 1.50 bits per heavy atom.